The number of halogens is 1. The lowest BCUT2D eigenvalue weighted by Crippen LogP contribution is -2.41. The molecule has 1 saturated heterocycles. The second-order valence-corrected chi connectivity index (χ2v) is 6.90. The van der Waals surface area contributed by atoms with E-state index in [2.05, 4.69) is 15.9 Å². The van der Waals surface area contributed by atoms with Crippen LogP contribution < -0.4 is 0 Å². The van der Waals surface area contributed by atoms with Crippen LogP contribution in [-0.2, 0) is 4.79 Å². The van der Waals surface area contributed by atoms with Crippen LogP contribution in [0.4, 0.5) is 0 Å². The molecule has 0 aromatic heterocycles. The van der Waals surface area contributed by atoms with Crippen LogP contribution in [0.25, 0.3) is 0 Å². The van der Waals surface area contributed by atoms with Crippen molar-refractivity contribution in [3.05, 3.63) is 33.8 Å². The molecule has 3 rings (SSSR count). The van der Waals surface area contributed by atoms with E-state index in [9.17, 15) is 9.59 Å². The van der Waals surface area contributed by atoms with Crippen molar-refractivity contribution in [3.63, 3.8) is 0 Å². The molecule has 2 fully saturated rings. The molecular weight excluding hydrogens is 330 g/mol. The Morgan fingerprint density at radius 1 is 1.29 bits per heavy atom. The van der Waals surface area contributed by atoms with Crippen LogP contribution in [-0.4, -0.2) is 29.2 Å². The third kappa shape index (κ3) is 2.66. The highest BCUT2D eigenvalue weighted by molar-refractivity contribution is 9.10. The first-order valence-corrected chi connectivity index (χ1v) is 8.47. The van der Waals surface area contributed by atoms with E-state index in [0.29, 0.717) is 17.8 Å². The first-order chi connectivity index (χ1) is 10.1. The number of hydrogen-bond donors (Lipinski definition) is 0. The molecule has 1 saturated carbocycles. The van der Waals surface area contributed by atoms with E-state index in [-0.39, 0.29) is 17.9 Å². The molecule has 2 aliphatic rings. The summed E-state index contributed by atoms with van der Waals surface area (Å²) in [6.45, 7) is 2.76. The number of hydrogen-bond acceptors (Lipinski definition) is 2. The number of amides is 1. The van der Waals surface area contributed by atoms with Crippen molar-refractivity contribution in [1.29, 1.82) is 0 Å². The number of aryl methyl sites for hydroxylation is 1. The van der Waals surface area contributed by atoms with Gasteiger partial charge in [-0.3, -0.25) is 9.59 Å². The Morgan fingerprint density at radius 2 is 2.10 bits per heavy atom. The maximum absolute atomic E-state index is 12.9. The molecule has 21 heavy (non-hydrogen) atoms. The summed E-state index contributed by atoms with van der Waals surface area (Å²) < 4.78 is 0.874. The van der Waals surface area contributed by atoms with Gasteiger partial charge in [-0.2, -0.15) is 0 Å². The number of benzene rings is 1. The van der Waals surface area contributed by atoms with Gasteiger partial charge < -0.3 is 4.90 Å². The monoisotopic (exact) mass is 349 g/mol. The molecule has 0 bridgehead atoms. The van der Waals surface area contributed by atoms with E-state index in [0.717, 1.165) is 42.3 Å². The average molecular weight is 350 g/mol. The largest absolute Gasteiger partial charge is 0.335 e. The van der Waals surface area contributed by atoms with Crippen molar-refractivity contribution < 1.29 is 9.59 Å². The fourth-order valence-corrected chi connectivity index (χ4v) is 4.11. The predicted octanol–water partition coefficient (Wildman–Crippen LogP) is 3.73. The predicted molar refractivity (Wildman–Crippen MR) is 85.3 cm³/mol. The molecular formula is C17H20BrNO2. The van der Waals surface area contributed by atoms with E-state index in [1.54, 1.807) is 0 Å². The lowest BCUT2D eigenvalue weighted by atomic mass is 9.94. The topological polar surface area (TPSA) is 37.4 Å². The average Bonchev–Trinajstić information content (AvgIpc) is 3.09. The Hall–Kier alpha value is -1.16. The molecule has 1 aliphatic carbocycles. The molecule has 1 aliphatic heterocycles. The molecule has 2 atom stereocenters. The minimum absolute atomic E-state index is 0.0628. The molecule has 0 radical (unpaired) electrons. The van der Waals surface area contributed by atoms with Crippen LogP contribution in [0.1, 0.15) is 48.0 Å². The van der Waals surface area contributed by atoms with Gasteiger partial charge in [-0.05, 0) is 60.2 Å². The van der Waals surface area contributed by atoms with Gasteiger partial charge in [-0.25, -0.2) is 0 Å². The third-order valence-electron chi connectivity index (χ3n) is 4.80. The summed E-state index contributed by atoms with van der Waals surface area (Å²) in [5.74, 6) is 0.482. The normalized spacial score (nSPS) is 25.6. The van der Waals surface area contributed by atoms with Gasteiger partial charge in [-0.15, -0.1) is 0 Å². The van der Waals surface area contributed by atoms with E-state index < -0.39 is 0 Å². The van der Waals surface area contributed by atoms with Gasteiger partial charge in [0, 0.05) is 29.4 Å². The maximum atomic E-state index is 12.9. The lowest BCUT2D eigenvalue weighted by molar-refractivity contribution is -0.121. The highest BCUT2D eigenvalue weighted by Gasteiger charge is 2.40. The third-order valence-corrected chi connectivity index (χ3v) is 5.85. The summed E-state index contributed by atoms with van der Waals surface area (Å²) in [4.78, 5) is 26.9. The van der Waals surface area contributed by atoms with Gasteiger partial charge in [0.15, 0.2) is 0 Å². The quantitative estimate of drug-likeness (QED) is 0.815. The summed E-state index contributed by atoms with van der Waals surface area (Å²) in [5, 5.41) is 0. The lowest BCUT2D eigenvalue weighted by Gasteiger charge is -2.29. The van der Waals surface area contributed by atoms with Crippen LogP contribution in [0.2, 0.25) is 0 Å². The highest BCUT2D eigenvalue weighted by atomic mass is 79.9. The van der Waals surface area contributed by atoms with E-state index >= 15 is 0 Å². The zero-order valence-electron chi connectivity index (χ0n) is 12.3. The number of nitrogens with zero attached hydrogens (tertiary/aromatic N) is 1. The fourth-order valence-electron chi connectivity index (χ4n) is 3.68. The molecule has 112 valence electrons. The molecule has 0 N–H and O–H groups in total. The summed E-state index contributed by atoms with van der Waals surface area (Å²) in [6, 6.07) is 5.88. The van der Waals surface area contributed by atoms with Gasteiger partial charge in [0.25, 0.3) is 5.91 Å². The zero-order valence-corrected chi connectivity index (χ0v) is 13.9. The first kappa shape index (κ1) is 14.8. The SMILES string of the molecule is Cc1cccc(C(=O)N2CCCC2C2CCCC2=O)c1Br. The minimum atomic E-state index is 0.0628. The Balaban J connectivity index is 1.86. The summed E-state index contributed by atoms with van der Waals surface area (Å²) >= 11 is 3.53. The Kier molecular flexibility index (Phi) is 4.16. The van der Waals surface area contributed by atoms with Gasteiger partial charge in [0.05, 0.1) is 5.56 Å². The van der Waals surface area contributed by atoms with Crippen molar-refractivity contribution >= 4 is 27.6 Å². The van der Waals surface area contributed by atoms with Crippen LogP contribution in [0.15, 0.2) is 22.7 Å². The van der Waals surface area contributed by atoms with Crippen molar-refractivity contribution in [1.82, 2.24) is 4.90 Å². The van der Waals surface area contributed by atoms with Gasteiger partial charge in [0.1, 0.15) is 5.78 Å². The second kappa shape index (κ2) is 5.91. The van der Waals surface area contributed by atoms with E-state index in [1.165, 1.54) is 0 Å². The van der Waals surface area contributed by atoms with E-state index in [1.807, 2.05) is 30.0 Å². The maximum Gasteiger partial charge on any atom is 0.255 e. The molecule has 1 heterocycles. The van der Waals surface area contributed by atoms with Gasteiger partial charge in [0.2, 0.25) is 0 Å². The zero-order chi connectivity index (χ0) is 15.0. The highest BCUT2D eigenvalue weighted by Crippen LogP contribution is 2.35. The molecule has 0 spiro atoms. The fraction of sp³-hybridized carbons (Fsp3) is 0.529. The van der Waals surface area contributed by atoms with Crippen LogP contribution >= 0.6 is 15.9 Å². The van der Waals surface area contributed by atoms with Gasteiger partial charge >= 0.3 is 0 Å². The number of likely N-dealkylation sites (tertiary alicyclic amines) is 1. The van der Waals surface area contributed by atoms with Crippen molar-refractivity contribution in [3.8, 4) is 0 Å². The molecule has 4 heteroatoms. The Bertz CT molecular complexity index is 584. The summed E-state index contributed by atoms with van der Waals surface area (Å²) in [6.07, 6.45) is 4.59. The van der Waals surface area contributed by atoms with Crippen LogP contribution in [0.3, 0.4) is 0 Å². The first-order valence-electron chi connectivity index (χ1n) is 7.68. The molecule has 3 nitrogen and oxygen atoms in total. The standard InChI is InChI=1S/C17H20BrNO2/c1-11-5-2-7-13(16(11)18)17(21)19-10-4-8-14(19)12-6-3-9-15(12)20/h2,5,7,12,14H,3-4,6,8-10H2,1H3. The van der Waals surface area contributed by atoms with Crippen molar-refractivity contribution in [2.75, 3.05) is 6.54 Å². The number of ketones is 1. The second-order valence-electron chi connectivity index (χ2n) is 6.11. The number of rotatable bonds is 2. The molecule has 1 aromatic carbocycles. The smallest absolute Gasteiger partial charge is 0.255 e. The van der Waals surface area contributed by atoms with Crippen molar-refractivity contribution in [2.45, 2.75) is 45.1 Å². The molecule has 1 amide bonds. The summed E-state index contributed by atoms with van der Waals surface area (Å²) in [7, 11) is 0. The van der Waals surface area contributed by atoms with E-state index in [4.69, 9.17) is 0 Å². The van der Waals surface area contributed by atoms with Crippen LogP contribution in [0.5, 0.6) is 0 Å². The molecule has 1 aromatic rings. The number of carbonyl (C=O) groups is 2. The number of carbonyl (C=O) groups excluding carboxylic acids is 2. The molecule has 2 unspecified atom stereocenters. The van der Waals surface area contributed by atoms with Gasteiger partial charge in [-0.1, -0.05) is 12.1 Å². The Morgan fingerprint density at radius 3 is 2.81 bits per heavy atom. The summed E-state index contributed by atoms with van der Waals surface area (Å²) in [5.41, 5.74) is 1.78. The minimum Gasteiger partial charge on any atom is -0.335 e. The van der Waals surface area contributed by atoms with Crippen molar-refractivity contribution in [2.24, 2.45) is 5.92 Å². The number of Topliss-reactive ketones (excluding diaryl/α,β-unsaturated/α-hetero) is 1. The Labute approximate surface area is 133 Å². The van der Waals surface area contributed by atoms with Crippen LogP contribution in [0, 0.1) is 12.8 Å².